The predicted octanol–water partition coefficient (Wildman–Crippen LogP) is -0.0719. The van der Waals surface area contributed by atoms with Crippen molar-refractivity contribution in [2.45, 2.75) is 13.0 Å². The lowest BCUT2D eigenvalue weighted by Gasteiger charge is -2.16. The van der Waals surface area contributed by atoms with E-state index in [0.29, 0.717) is 13.1 Å². The Morgan fingerprint density at radius 2 is 2.53 bits per heavy atom. The van der Waals surface area contributed by atoms with Gasteiger partial charge in [-0.05, 0) is 6.42 Å². The largest absolute Gasteiger partial charge is 0.354 e. The third kappa shape index (κ3) is 2.45. The maximum absolute atomic E-state index is 11.3. The van der Waals surface area contributed by atoms with Crippen LogP contribution in [0.15, 0.2) is 6.20 Å². The molecule has 0 bridgehead atoms. The molecule has 1 aliphatic rings. The molecule has 1 aliphatic heterocycles. The third-order valence-electron chi connectivity index (χ3n) is 2.27. The highest BCUT2D eigenvalue weighted by Crippen LogP contribution is 2.22. The van der Waals surface area contributed by atoms with Crippen molar-refractivity contribution >= 4 is 22.4 Å². The van der Waals surface area contributed by atoms with E-state index in [1.54, 1.807) is 17.5 Å². The van der Waals surface area contributed by atoms with Crippen molar-refractivity contribution < 1.29 is 4.79 Å². The first-order valence-corrected chi connectivity index (χ1v) is 5.77. The molecule has 1 aromatic heterocycles. The van der Waals surface area contributed by atoms with Gasteiger partial charge in [0.1, 0.15) is 0 Å². The van der Waals surface area contributed by atoms with Crippen LogP contribution in [0, 0.1) is 0 Å². The van der Waals surface area contributed by atoms with E-state index in [-0.39, 0.29) is 5.91 Å². The molecule has 0 radical (unpaired) electrons. The van der Waals surface area contributed by atoms with E-state index in [9.17, 15) is 4.79 Å². The average molecular weight is 226 g/mol. The fraction of sp³-hybridized carbons (Fsp3) is 0.556. The second-order valence-corrected chi connectivity index (χ2v) is 4.53. The van der Waals surface area contributed by atoms with Gasteiger partial charge >= 0.3 is 0 Å². The van der Waals surface area contributed by atoms with Gasteiger partial charge in [-0.1, -0.05) is 0 Å². The number of carbonyl (C=O) groups is 1. The first kappa shape index (κ1) is 10.4. The lowest BCUT2D eigenvalue weighted by atomic mass is 10.4. The van der Waals surface area contributed by atoms with Crippen LogP contribution in [-0.2, 0) is 11.3 Å². The molecule has 0 spiro atoms. The van der Waals surface area contributed by atoms with Crippen LogP contribution in [0.25, 0.3) is 0 Å². The van der Waals surface area contributed by atoms with Gasteiger partial charge in [-0.2, -0.15) is 0 Å². The Kier molecular flexibility index (Phi) is 3.17. The number of thiazole rings is 1. The van der Waals surface area contributed by atoms with Crippen LogP contribution in [-0.4, -0.2) is 30.5 Å². The number of hydrogen-bond acceptors (Lipinski definition) is 5. The number of hydrogen-bond donors (Lipinski definition) is 2. The number of aromatic nitrogens is 1. The Morgan fingerprint density at radius 1 is 1.67 bits per heavy atom. The van der Waals surface area contributed by atoms with Gasteiger partial charge in [0.05, 0.1) is 6.54 Å². The van der Waals surface area contributed by atoms with E-state index in [4.69, 9.17) is 5.73 Å². The molecule has 0 aliphatic carbocycles. The van der Waals surface area contributed by atoms with E-state index >= 15 is 0 Å². The maximum Gasteiger partial charge on any atom is 0.239 e. The topological polar surface area (TPSA) is 71.2 Å². The molecule has 6 heteroatoms. The lowest BCUT2D eigenvalue weighted by molar-refractivity contribution is -0.119. The molecule has 3 N–H and O–H groups in total. The second-order valence-electron chi connectivity index (χ2n) is 3.44. The number of nitrogens with two attached hydrogens (primary N) is 1. The smallest absolute Gasteiger partial charge is 0.239 e. The zero-order valence-electron chi connectivity index (χ0n) is 8.40. The van der Waals surface area contributed by atoms with Gasteiger partial charge in [0, 0.05) is 30.7 Å². The predicted molar refractivity (Wildman–Crippen MR) is 59.8 cm³/mol. The summed E-state index contributed by atoms with van der Waals surface area (Å²) in [6.45, 7) is 2.54. The minimum absolute atomic E-state index is 0.0667. The average Bonchev–Trinajstić information content (AvgIpc) is 2.61. The normalized spacial score (nSPS) is 17.4. The number of carbonyl (C=O) groups excluding carboxylic acids is 1. The molecule has 0 aromatic carbocycles. The summed E-state index contributed by atoms with van der Waals surface area (Å²) in [5.74, 6) is 0.0667. The summed E-state index contributed by atoms with van der Waals surface area (Å²) in [6.07, 6.45) is 2.74. The Balaban J connectivity index is 2.10. The molecule has 82 valence electrons. The van der Waals surface area contributed by atoms with Crippen molar-refractivity contribution in [3.05, 3.63) is 11.1 Å². The van der Waals surface area contributed by atoms with Crippen LogP contribution in [0.2, 0.25) is 0 Å². The number of nitrogens with zero attached hydrogens (tertiary/aromatic N) is 2. The van der Waals surface area contributed by atoms with Crippen molar-refractivity contribution in [3.63, 3.8) is 0 Å². The van der Waals surface area contributed by atoms with Gasteiger partial charge < -0.3 is 16.0 Å². The summed E-state index contributed by atoms with van der Waals surface area (Å²) in [4.78, 5) is 18.7. The Labute approximate surface area is 92.3 Å². The summed E-state index contributed by atoms with van der Waals surface area (Å²) < 4.78 is 0. The van der Waals surface area contributed by atoms with Crippen LogP contribution in [0.4, 0.5) is 5.13 Å². The van der Waals surface area contributed by atoms with Crippen molar-refractivity contribution in [1.29, 1.82) is 0 Å². The summed E-state index contributed by atoms with van der Waals surface area (Å²) >= 11 is 1.56. The molecule has 1 aromatic rings. The molecular weight excluding hydrogens is 212 g/mol. The highest BCUT2D eigenvalue weighted by atomic mass is 32.1. The standard InChI is InChI=1S/C9H14N4OS/c10-4-7-5-12-9(15-7)13-3-1-2-11-8(14)6-13/h5H,1-4,6,10H2,(H,11,14). The highest BCUT2D eigenvalue weighted by Gasteiger charge is 2.17. The van der Waals surface area contributed by atoms with Crippen LogP contribution in [0.3, 0.4) is 0 Å². The number of anilines is 1. The van der Waals surface area contributed by atoms with Gasteiger partial charge in [0.15, 0.2) is 5.13 Å². The summed E-state index contributed by atoms with van der Waals surface area (Å²) in [5.41, 5.74) is 5.52. The number of nitrogens with one attached hydrogen (secondary N) is 1. The SMILES string of the molecule is NCc1cnc(N2CCCNC(=O)C2)s1. The van der Waals surface area contributed by atoms with E-state index in [0.717, 1.165) is 29.5 Å². The van der Waals surface area contributed by atoms with Gasteiger partial charge in [0.2, 0.25) is 5.91 Å². The molecule has 15 heavy (non-hydrogen) atoms. The fourth-order valence-corrected chi connectivity index (χ4v) is 2.32. The molecule has 1 fully saturated rings. The molecule has 5 nitrogen and oxygen atoms in total. The summed E-state index contributed by atoms with van der Waals surface area (Å²) in [6, 6.07) is 0. The van der Waals surface area contributed by atoms with Gasteiger partial charge in [-0.3, -0.25) is 4.79 Å². The molecule has 0 unspecified atom stereocenters. The van der Waals surface area contributed by atoms with Crippen molar-refractivity contribution in [1.82, 2.24) is 10.3 Å². The molecule has 0 atom stereocenters. The van der Waals surface area contributed by atoms with Crippen LogP contribution < -0.4 is 16.0 Å². The quantitative estimate of drug-likeness (QED) is 0.740. The maximum atomic E-state index is 11.3. The highest BCUT2D eigenvalue weighted by molar-refractivity contribution is 7.15. The number of amides is 1. The van der Waals surface area contributed by atoms with Crippen molar-refractivity contribution in [3.8, 4) is 0 Å². The van der Waals surface area contributed by atoms with Gasteiger partial charge in [-0.25, -0.2) is 4.98 Å². The zero-order valence-corrected chi connectivity index (χ0v) is 9.22. The molecule has 1 saturated heterocycles. The summed E-state index contributed by atoms with van der Waals surface area (Å²) in [5, 5.41) is 3.73. The summed E-state index contributed by atoms with van der Waals surface area (Å²) in [7, 11) is 0. The first-order valence-electron chi connectivity index (χ1n) is 4.96. The molecular formula is C9H14N4OS. The Morgan fingerprint density at radius 3 is 3.27 bits per heavy atom. The van der Waals surface area contributed by atoms with Crippen LogP contribution >= 0.6 is 11.3 Å². The number of rotatable bonds is 2. The van der Waals surface area contributed by atoms with E-state index in [2.05, 4.69) is 10.3 Å². The molecule has 0 saturated carbocycles. The lowest BCUT2D eigenvalue weighted by Crippen LogP contribution is -2.32. The molecule has 2 rings (SSSR count). The van der Waals surface area contributed by atoms with Gasteiger partial charge in [0.25, 0.3) is 0 Å². The second kappa shape index (κ2) is 4.59. The van der Waals surface area contributed by atoms with E-state index in [1.807, 2.05) is 4.90 Å². The molecule has 2 heterocycles. The monoisotopic (exact) mass is 226 g/mol. The van der Waals surface area contributed by atoms with Crippen molar-refractivity contribution in [2.75, 3.05) is 24.5 Å². The van der Waals surface area contributed by atoms with Crippen molar-refractivity contribution in [2.24, 2.45) is 5.73 Å². The minimum Gasteiger partial charge on any atom is -0.354 e. The first-order chi connectivity index (χ1) is 7.29. The zero-order chi connectivity index (χ0) is 10.7. The molecule has 1 amide bonds. The Hall–Kier alpha value is -1.14. The fourth-order valence-electron chi connectivity index (χ4n) is 1.51. The van der Waals surface area contributed by atoms with Crippen LogP contribution in [0.1, 0.15) is 11.3 Å². The third-order valence-corrected chi connectivity index (χ3v) is 3.35. The van der Waals surface area contributed by atoms with Gasteiger partial charge in [-0.15, -0.1) is 11.3 Å². The van der Waals surface area contributed by atoms with Crippen LogP contribution in [0.5, 0.6) is 0 Å². The van der Waals surface area contributed by atoms with E-state index in [1.165, 1.54) is 0 Å². The minimum atomic E-state index is 0.0667. The Bertz CT molecular complexity index is 352. The van der Waals surface area contributed by atoms with E-state index < -0.39 is 0 Å².